The molecule has 0 bridgehead atoms. The lowest BCUT2D eigenvalue weighted by atomic mass is 9.84. The summed E-state index contributed by atoms with van der Waals surface area (Å²) in [6.07, 6.45) is 3.76. The molecule has 0 atom stereocenters. The third-order valence-corrected chi connectivity index (χ3v) is 5.20. The Morgan fingerprint density at radius 2 is 1.93 bits per heavy atom. The highest BCUT2D eigenvalue weighted by atomic mass is 127. The summed E-state index contributed by atoms with van der Waals surface area (Å²) in [5.41, 5.74) is 1.10. The molecule has 0 radical (unpaired) electrons. The molecule has 1 saturated carbocycles. The standard InChI is InChI=1S/C21H32F2N4O2.HI/c1-5-24-20(26-14-21(10-6-7-11-21)18(28)27(3)4)25-13-16-12-15(2)8-9-17(16)29-19(22)23;/h8-9,12,19H,5-7,10-11,13-14H2,1-4H3,(H2,24,25,26);1H. The SMILES string of the molecule is CCNC(=NCc1cc(C)ccc1OC(F)F)NCC1(C(=O)N(C)C)CCCC1.I. The van der Waals surface area contributed by atoms with Gasteiger partial charge in [-0.15, -0.1) is 24.0 Å². The largest absolute Gasteiger partial charge is 0.434 e. The van der Waals surface area contributed by atoms with Crippen LogP contribution in [0.2, 0.25) is 0 Å². The van der Waals surface area contributed by atoms with E-state index in [1.807, 2.05) is 13.8 Å². The van der Waals surface area contributed by atoms with E-state index < -0.39 is 12.0 Å². The number of benzene rings is 1. The zero-order valence-corrected chi connectivity index (χ0v) is 20.5. The third kappa shape index (κ3) is 7.24. The van der Waals surface area contributed by atoms with Gasteiger partial charge in [0.05, 0.1) is 12.0 Å². The van der Waals surface area contributed by atoms with Crippen LogP contribution < -0.4 is 15.4 Å². The Hall–Kier alpha value is -1.65. The van der Waals surface area contributed by atoms with Crippen molar-refractivity contribution >= 4 is 35.8 Å². The quantitative estimate of drug-likeness (QED) is 0.299. The summed E-state index contributed by atoms with van der Waals surface area (Å²) in [7, 11) is 3.56. The molecule has 1 aromatic rings. The highest BCUT2D eigenvalue weighted by Gasteiger charge is 2.42. The molecule has 6 nitrogen and oxygen atoms in total. The average Bonchev–Trinajstić information content (AvgIpc) is 3.15. The first-order valence-corrected chi connectivity index (χ1v) is 10.1. The minimum atomic E-state index is -2.88. The third-order valence-electron chi connectivity index (χ3n) is 5.20. The molecule has 0 saturated heterocycles. The molecule has 2 rings (SSSR count). The Morgan fingerprint density at radius 1 is 1.27 bits per heavy atom. The summed E-state index contributed by atoms with van der Waals surface area (Å²) >= 11 is 0. The van der Waals surface area contributed by atoms with E-state index in [1.54, 1.807) is 31.1 Å². The molecule has 0 aromatic heterocycles. The van der Waals surface area contributed by atoms with Gasteiger partial charge in [0.25, 0.3) is 0 Å². The second-order valence-electron chi connectivity index (χ2n) is 7.73. The maximum Gasteiger partial charge on any atom is 0.387 e. The van der Waals surface area contributed by atoms with Crippen molar-refractivity contribution in [2.45, 2.75) is 52.7 Å². The number of hydrogen-bond acceptors (Lipinski definition) is 3. The van der Waals surface area contributed by atoms with Gasteiger partial charge in [0.2, 0.25) is 5.91 Å². The fraction of sp³-hybridized carbons (Fsp3) is 0.619. The van der Waals surface area contributed by atoms with Gasteiger partial charge in [0.1, 0.15) is 5.75 Å². The molecular formula is C21H33F2IN4O2. The zero-order valence-electron chi connectivity index (χ0n) is 18.1. The van der Waals surface area contributed by atoms with Crippen LogP contribution in [0.1, 0.15) is 43.7 Å². The Labute approximate surface area is 194 Å². The van der Waals surface area contributed by atoms with Crippen LogP contribution in [0.15, 0.2) is 23.2 Å². The molecule has 1 fully saturated rings. The molecule has 1 aromatic carbocycles. The van der Waals surface area contributed by atoms with Crippen LogP contribution in [-0.2, 0) is 11.3 Å². The number of carbonyl (C=O) groups excluding carboxylic acids is 1. The predicted molar refractivity (Wildman–Crippen MR) is 126 cm³/mol. The van der Waals surface area contributed by atoms with E-state index in [-0.39, 0.29) is 42.2 Å². The molecule has 9 heteroatoms. The number of nitrogens with one attached hydrogen (secondary N) is 2. The van der Waals surface area contributed by atoms with Crippen molar-refractivity contribution < 1.29 is 18.3 Å². The van der Waals surface area contributed by atoms with Crippen LogP contribution in [0.25, 0.3) is 0 Å². The molecule has 170 valence electrons. The minimum absolute atomic E-state index is 0. The molecule has 2 N–H and O–H groups in total. The molecular weight excluding hydrogens is 505 g/mol. The second kappa shape index (κ2) is 12.3. The van der Waals surface area contributed by atoms with Gasteiger partial charge in [-0.25, -0.2) is 4.99 Å². The average molecular weight is 538 g/mol. The van der Waals surface area contributed by atoms with Crippen LogP contribution in [0.5, 0.6) is 5.75 Å². The predicted octanol–water partition coefficient (Wildman–Crippen LogP) is 3.92. The van der Waals surface area contributed by atoms with Gasteiger partial charge < -0.3 is 20.3 Å². The van der Waals surface area contributed by atoms with Gasteiger partial charge in [-0.05, 0) is 32.8 Å². The first-order chi connectivity index (χ1) is 13.8. The number of carbonyl (C=O) groups is 1. The Balaban J connectivity index is 0.00000450. The fourth-order valence-corrected chi connectivity index (χ4v) is 3.79. The van der Waals surface area contributed by atoms with Gasteiger partial charge in [-0.2, -0.15) is 8.78 Å². The molecule has 1 aliphatic rings. The van der Waals surface area contributed by atoms with Crippen molar-refractivity contribution in [2.75, 3.05) is 27.2 Å². The van der Waals surface area contributed by atoms with E-state index in [1.165, 1.54) is 6.07 Å². The summed E-state index contributed by atoms with van der Waals surface area (Å²) in [5.74, 6) is 0.805. The number of alkyl halides is 2. The summed E-state index contributed by atoms with van der Waals surface area (Å²) < 4.78 is 30.0. The number of aliphatic imine (C=N–C) groups is 1. The van der Waals surface area contributed by atoms with Gasteiger partial charge in [0, 0.05) is 32.7 Å². The van der Waals surface area contributed by atoms with E-state index in [0.29, 0.717) is 24.6 Å². The number of aryl methyl sites for hydroxylation is 1. The van der Waals surface area contributed by atoms with Crippen molar-refractivity contribution in [2.24, 2.45) is 10.4 Å². The number of nitrogens with zero attached hydrogens (tertiary/aromatic N) is 2. The van der Waals surface area contributed by atoms with E-state index in [9.17, 15) is 13.6 Å². The lowest BCUT2D eigenvalue weighted by Crippen LogP contribution is -2.49. The van der Waals surface area contributed by atoms with E-state index in [4.69, 9.17) is 0 Å². The van der Waals surface area contributed by atoms with Gasteiger partial charge in [-0.1, -0.05) is 30.5 Å². The normalized spacial score (nSPS) is 15.5. The summed E-state index contributed by atoms with van der Waals surface area (Å²) in [6.45, 7) is 2.28. The molecule has 30 heavy (non-hydrogen) atoms. The maximum atomic E-state index is 12.7. The van der Waals surface area contributed by atoms with Crippen molar-refractivity contribution in [3.05, 3.63) is 29.3 Å². The van der Waals surface area contributed by atoms with Crippen LogP contribution in [0.4, 0.5) is 8.78 Å². The van der Waals surface area contributed by atoms with Crippen molar-refractivity contribution in [3.63, 3.8) is 0 Å². The minimum Gasteiger partial charge on any atom is -0.434 e. The number of amides is 1. The van der Waals surface area contributed by atoms with E-state index >= 15 is 0 Å². The Bertz CT molecular complexity index is 723. The van der Waals surface area contributed by atoms with Crippen molar-refractivity contribution in [1.29, 1.82) is 0 Å². The topological polar surface area (TPSA) is 66.0 Å². The Morgan fingerprint density at radius 3 is 2.50 bits per heavy atom. The zero-order chi connectivity index (χ0) is 21.4. The van der Waals surface area contributed by atoms with Gasteiger partial charge in [0.15, 0.2) is 5.96 Å². The number of ether oxygens (including phenoxy) is 1. The first-order valence-electron chi connectivity index (χ1n) is 10.1. The number of rotatable bonds is 8. The summed E-state index contributed by atoms with van der Waals surface area (Å²) in [5, 5.41) is 6.45. The molecule has 0 heterocycles. The number of hydrogen-bond donors (Lipinski definition) is 2. The molecule has 1 amide bonds. The number of guanidine groups is 1. The van der Waals surface area contributed by atoms with Crippen molar-refractivity contribution in [1.82, 2.24) is 15.5 Å². The van der Waals surface area contributed by atoms with Crippen molar-refractivity contribution in [3.8, 4) is 5.75 Å². The van der Waals surface area contributed by atoms with E-state index in [2.05, 4.69) is 20.4 Å². The lowest BCUT2D eigenvalue weighted by molar-refractivity contribution is -0.138. The number of halogens is 3. The summed E-state index contributed by atoms with van der Waals surface area (Å²) in [4.78, 5) is 18.9. The Kier molecular flexibility index (Phi) is 10.8. The highest BCUT2D eigenvalue weighted by Crippen LogP contribution is 2.38. The maximum absolute atomic E-state index is 12.7. The lowest BCUT2D eigenvalue weighted by Gasteiger charge is -2.31. The van der Waals surface area contributed by atoms with Crippen LogP contribution >= 0.6 is 24.0 Å². The monoisotopic (exact) mass is 538 g/mol. The summed E-state index contributed by atoms with van der Waals surface area (Å²) in [6, 6.07) is 5.06. The molecule has 1 aliphatic carbocycles. The van der Waals surface area contributed by atoms with Crippen LogP contribution in [-0.4, -0.2) is 50.6 Å². The first kappa shape index (κ1) is 26.4. The van der Waals surface area contributed by atoms with Gasteiger partial charge in [-0.3, -0.25) is 4.79 Å². The molecule has 0 spiro atoms. The fourth-order valence-electron chi connectivity index (χ4n) is 3.79. The molecule has 0 unspecified atom stereocenters. The van der Waals surface area contributed by atoms with Gasteiger partial charge >= 0.3 is 6.61 Å². The van der Waals surface area contributed by atoms with Crippen LogP contribution in [0, 0.1) is 12.3 Å². The molecule has 0 aliphatic heterocycles. The highest BCUT2D eigenvalue weighted by molar-refractivity contribution is 14.0. The van der Waals surface area contributed by atoms with E-state index in [0.717, 1.165) is 31.2 Å². The smallest absolute Gasteiger partial charge is 0.387 e. The van der Waals surface area contributed by atoms with Crippen LogP contribution in [0.3, 0.4) is 0 Å². The second-order valence-corrected chi connectivity index (χ2v) is 7.73.